The molecule has 2 aromatic rings. The summed E-state index contributed by atoms with van der Waals surface area (Å²) in [5, 5.41) is 6.61. The lowest BCUT2D eigenvalue weighted by Gasteiger charge is -2.23. The Bertz CT molecular complexity index is 631. The lowest BCUT2D eigenvalue weighted by Crippen LogP contribution is -2.23. The Morgan fingerprint density at radius 3 is 3.00 bits per heavy atom. The molecule has 3 nitrogen and oxygen atoms in total. The molecule has 0 aliphatic carbocycles. The Labute approximate surface area is 130 Å². The van der Waals surface area contributed by atoms with Gasteiger partial charge in [0.1, 0.15) is 10.6 Å². The number of nitrogens with zero attached hydrogens (tertiary/aromatic N) is 1. The van der Waals surface area contributed by atoms with Crippen LogP contribution in [0.2, 0.25) is 0 Å². The molecule has 2 heterocycles. The van der Waals surface area contributed by atoms with E-state index in [0.29, 0.717) is 0 Å². The average molecular weight is 302 g/mol. The van der Waals surface area contributed by atoms with E-state index in [9.17, 15) is 0 Å². The second-order valence-electron chi connectivity index (χ2n) is 5.74. The first-order chi connectivity index (χ1) is 10.2. The molecule has 1 aromatic heterocycles. The molecule has 1 aromatic carbocycles. The molecule has 0 saturated carbocycles. The summed E-state index contributed by atoms with van der Waals surface area (Å²) in [5.74, 6) is 0. The van der Waals surface area contributed by atoms with Crippen LogP contribution in [0, 0.1) is 0 Å². The number of fused-ring (bicyclic) bond motifs is 1. The Morgan fingerprint density at radius 1 is 1.38 bits per heavy atom. The standard InChI is InChI=1S/C17H22N2OS/c1-4-17(2,20-3)16-19-15(11-21-16)13-5-6-14-10-18-8-7-12(14)9-13/h5-6,9,11,18H,4,7-8,10H2,1-3H3. The Hall–Kier alpha value is -1.23. The van der Waals surface area contributed by atoms with E-state index >= 15 is 0 Å². The van der Waals surface area contributed by atoms with E-state index in [1.54, 1.807) is 18.4 Å². The van der Waals surface area contributed by atoms with Crippen LogP contribution in [-0.2, 0) is 23.3 Å². The molecule has 112 valence electrons. The fourth-order valence-corrected chi connectivity index (χ4v) is 3.71. The van der Waals surface area contributed by atoms with Gasteiger partial charge in [0.25, 0.3) is 0 Å². The molecule has 1 atom stereocenters. The third kappa shape index (κ3) is 2.76. The van der Waals surface area contributed by atoms with Crippen molar-refractivity contribution < 1.29 is 4.74 Å². The maximum Gasteiger partial charge on any atom is 0.125 e. The van der Waals surface area contributed by atoms with Crippen molar-refractivity contribution in [1.29, 1.82) is 0 Å². The van der Waals surface area contributed by atoms with Gasteiger partial charge in [0.2, 0.25) is 0 Å². The van der Waals surface area contributed by atoms with Gasteiger partial charge in [-0.15, -0.1) is 11.3 Å². The predicted octanol–water partition coefficient (Wildman–Crippen LogP) is 3.73. The molecule has 1 aliphatic rings. The highest BCUT2D eigenvalue weighted by Gasteiger charge is 2.27. The third-order valence-electron chi connectivity index (χ3n) is 4.47. The van der Waals surface area contributed by atoms with Crippen LogP contribution >= 0.6 is 11.3 Å². The molecule has 1 N–H and O–H groups in total. The monoisotopic (exact) mass is 302 g/mol. The number of benzene rings is 1. The second kappa shape index (κ2) is 5.87. The summed E-state index contributed by atoms with van der Waals surface area (Å²) in [7, 11) is 1.76. The van der Waals surface area contributed by atoms with Crippen LogP contribution in [0.3, 0.4) is 0 Å². The minimum absolute atomic E-state index is 0.277. The van der Waals surface area contributed by atoms with Crippen LogP contribution in [0.15, 0.2) is 23.6 Å². The van der Waals surface area contributed by atoms with Gasteiger partial charge in [0, 0.05) is 24.6 Å². The first-order valence-electron chi connectivity index (χ1n) is 7.50. The summed E-state index contributed by atoms with van der Waals surface area (Å²) in [6.07, 6.45) is 2.03. The first-order valence-corrected chi connectivity index (χ1v) is 8.38. The van der Waals surface area contributed by atoms with Crippen molar-refractivity contribution in [2.75, 3.05) is 13.7 Å². The average Bonchev–Trinajstić information content (AvgIpc) is 3.04. The summed E-state index contributed by atoms with van der Waals surface area (Å²) in [6, 6.07) is 6.71. The number of rotatable bonds is 4. The number of aromatic nitrogens is 1. The number of hydrogen-bond acceptors (Lipinski definition) is 4. The molecule has 0 saturated heterocycles. The second-order valence-corrected chi connectivity index (χ2v) is 6.59. The molecule has 4 heteroatoms. The van der Waals surface area contributed by atoms with E-state index in [2.05, 4.69) is 42.7 Å². The van der Waals surface area contributed by atoms with Crippen LogP contribution in [-0.4, -0.2) is 18.6 Å². The Morgan fingerprint density at radius 2 is 2.24 bits per heavy atom. The van der Waals surface area contributed by atoms with Crippen molar-refractivity contribution in [1.82, 2.24) is 10.3 Å². The van der Waals surface area contributed by atoms with Gasteiger partial charge in [-0.2, -0.15) is 0 Å². The third-order valence-corrected chi connectivity index (χ3v) is 5.56. The lowest BCUT2D eigenvalue weighted by atomic mass is 9.97. The van der Waals surface area contributed by atoms with Crippen molar-refractivity contribution in [2.24, 2.45) is 0 Å². The number of hydrogen-bond donors (Lipinski definition) is 1. The van der Waals surface area contributed by atoms with E-state index in [4.69, 9.17) is 9.72 Å². The molecular formula is C17H22N2OS. The number of nitrogens with one attached hydrogen (secondary N) is 1. The van der Waals surface area contributed by atoms with E-state index in [0.717, 1.165) is 36.6 Å². The summed E-state index contributed by atoms with van der Waals surface area (Å²) in [6.45, 7) is 6.29. The maximum atomic E-state index is 5.65. The topological polar surface area (TPSA) is 34.1 Å². The molecule has 0 bridgehead atoms. The minimum Gasteiger partial charge on any atom is -0.371 e. The lowest BCUT2D eigenvalue weighted by molar-refractivity contribution is -0.00149. The number of thiazole rings is 1. The van der Waals surface area contributed by atoms with Crippen molar-refractivity contribution in [2.45, 2.75) is 38.8 Å². The fourth-order valence-electron chi connectivity index (χ4n) is 2.67. The predicted molar refractivity (Wildman–Crippen MR) is 87.6 cm³/mol. The fraction of sp³-hybridized carbons (Fsp3) is 0.471. The van der Waals surface area contributed by atoms with Crippen LogP contribution in [0.5, 0.6) is 0 Å². The molecule has 1 aliphatic heterocycles. The molecule has 0 fully saturated rings. The van der Waals surface area contributed by atoms with E-state index in [1.165, 1.54) is 16.7 Å². The van der Waals surface area contributed by atoms with Crippen molar-refractivity contribution in [3.63, 3.8) is 0 Å². The van der Waals surface area contributed by atoms with Crippen molar-refractivity contribution in [3.8, 4) is 11.3 Å². The Balaban J connectivity index is 1.93. The number of ether oxygens (including phenoxy) is 1. The molecular weight excluding hydrogens is 280 g/mol. The van der Waals surface area contributed by atoms with E-state index in [-0.39, 0.29) is 5.60 Å². The summed E-state index contributed by atoms with van der Waals surface area (Å²) in [5.41, 5.74) is 4.86. The molecule has 0 amide bonds. The van der Waals surface area contributed by atoms with Gasteiger partial charge in [-0.3, -0.25) is 0 Å². The largest absolute Gasteiger partial charge is 0.371 e. The number of methoxy groups -OCH3 is 1. The highest BCUT2D eigenvalue weighted by molar-refractivity contribution is 7.10. The van der Waals surface area contributed by atoms with E-state index < -0.39 is 0 Å². The van der Waals surface area contributed by atoms with Crippen LogP contribution in [0.25, 0.3) is 11.3 Å². The zero-order valence-corrected chi connectivity index (χ0v) is 13.7. The van der Waals surface area contributed by atoms with Gasteiger partial charge >= 0.3 is 0 Å². The SMILES string of the molecule is CCC(C)(OC)c1nc(-c2ccc3c(c2)CCNC3)cs1. The minimum atomic E-state index is -0.277. The quantitative estimate of drug-likeness (QED) is 0.934. The zero-order chi connectivity index (χ0) is 14.9. The summed E-state index contributed by atoms with van der Waals surface area (Å²) < 4.78 is 5.65. The van der Waals surface area contributed by atoms with Crippen LogP contribution in [0.4, 0.5) is 0 Å². The molecule has 21 heavy (non-hydrogen) atoms. The van der Waals surface area contributed by atoms with Crippen LogP contribution in [0.1, 0.15) is 36.4 Å². The van der Waals surface area contributed by atoms with Gasteiger partial charge in [-0.1, -0.05) is 19.1 Å². The summed E-state index contributed by atoms with van der Waals surface area (Å²) >= 11 is 1.69. The molecule has 0 radical (unpaired) electrons. The van der Waals surface area contributed by atoms with Gasteiger partial charge < -0.3 is 10.1 Å². The molecule has 3 rings (SSSR count). The highest BCUT2D eigenvalue weighted by Crippen LogP contribution is 2.34. The van der Waals surface area contributed by atoms with Crippen LogP contribution < -0.4 is 5.32 Å². The van der Waals surface area contributed by atoms with Crippen molar-refractivity contribution >= 4 is 11.3 Å². The van der Waals surface area contributed by atoms with Gasteiger partial charge in [-0.05, 0) is 43.5 Å². The first kappa shape index (κ1) is 14.7. The molecule has 1 unspecified atom stereocenters. The van der Waals surface area contributed by atoms with Crippen molar-refractivity contribution in [3.05, 3.63) is 39.7 Å². The molecule has 0 spiro atoms. The summed E-state index contributed by atoms with van der Waals surface area (Å²) in [4.78, 5) is 4.82. The smallest absolute Gasteiger partial charge is 0.125 e. The van der Waals surface area contributed by atoms with Gasteiger partial charge in [0.05, 0.1) is 5.69 Å². The van der Waals surface area contributed by atoms with E-state index in [1.807, 2.05) is 0 Å². The van der Waals surface area contributed by atoms with Gasteiger partial charge in [-0.25, -0.2) is 4.98 Å². The Kier molecular flexibility index (Phi) is 4.11. The highest BCUT2D eigenvalue weighted by atomic mass is 32.1. The van der Waals surface area contributed by atoms with Gasteiger partial charge in [0.15, 0.2) is 0 Å². The zero-order valence-electron chi connectivity index (χ0n) is 12.9. The normalized spacial score (nSPS) is 17.3. The maximum absolute atomic E-state index is 5.65.